The Labute approximate surface area is 201 Å². The average Bonchev–Trinajstić information content (AvgIpc) is 3.23. The fourth-order valence-corrected chi connectivity index (χ4v) is 4.77. The molecule has 8 heteroatoms. The van der Waals surface area contributed by atoms with Gasteiger partial charge in [-0.05, 0) is 41.8 Å². The normalized spacial score (nSPS) is 20.1. The van der Waals surface area contributed by atoms with E-state index >= 15 is 0 Å². The van der Waals surface area contributed by atoms with Gasteiger partial charge in [-0.3, -0.25) is 14.5 Å². The predicted octanol–water partition coefficient (Wildman–Crippen LogP) is 3.42. The van der Waals surface area contributed by atoms with E-state index in [2.05, 4.69) is 0 Å². The number of carbonyl (C=O) groups excluding carboxylic acids is 1. The zero-order chi connectivity index (χ0) is 24.8. The first kappa shape index (κ1) is 25.4. The van der Waals surface area contributed by atoms with Gasteiger partial charge in [-0.2, -0.15) is 0 Å². The Hall–Kier alpha value is -3.26. The van der Waals surface area contributed by atoms with Gasteiger partial charge >= 0.3 is 5.97 Å². The summed E-state index contributed by atoms with van der Waals surface area (Å²) in [5.74, 6) is -0.215. The quantitative estimate of drug-likeness (QED) is 0.569. The average molecular weight is 471 g/mol. The summed E-state index contributed by atoms with van der Waals surface area (Å²) in [6.07, 6.45) is 0.857. The second-order valence-corrected chi connectivity index (χ2v) is 8.55. The molecule has 3 rings (SSSR count). The van der Waals surface area contributed by atoms with Crippen molar-refractivity contribution in [3.8, 4) is 17.2 Å². The minimum Gasteiger partial charge on any atom is -0.497 e. The summed E-state index contributed by atoms with van der Waals surface area (Å²) in [6, 6.07) is 12.4. The van der Waals surface area contributed by atoms with Crippen LogP contribution < -0.4 is 14.2 Å². The van der Waals surface area contributed by atoms with Crippen LogP contribution in [0.25, 0.3) is 0 Å². The van der Waals surface area contributed by atoms with Crippen LogP contribution in [0.1, 0.15) is 36.4 Å². The highest BCUT2D eigenvalue weighted by molar-refractivity contribution is 5.79. The van der Waals surface area contributed by atoms with E-state index in [0.717, 1.165) is 17.5 Å². The first-order valence-corrected chi connectivity index (χ1v) is 11.4. The fraction of sp³-hybridized carbons (Fsp3) is 0.462. The lowest BCUT2D eigenvalue weighted by Gasteiger charge is -2.28. The van der Waals surface area contributed by atoms with Crippen molar-refractivity contribution in [3.63, 3.8) is 0 Å². The summed E-state index contributed by atoms with van der Waals surface area (Å²) in [5, 5.41) is 10.3. The van der Waals surface area contributed by atoms with Crippen molar-refractivity contribution in [1.29, 1.82) is 0 Å². The number of carboxylic acid groups (broad SMARTS) is 1. The maximum absolute atomic E-state index is 13.0. The molecule has 184 valence electrons. The molecule has 3 unspecified atom stereocenters. The van der Waals surface area contributed by atoms with Crippen LogP contribution in [0.15, 0.2) is 42.5 Å². The first-order chi connectivity index (χ1) is 16.3. The molecule has 3 atom stereocenters. The van der Waals surface area contributed by atoms with Crippen molar-refractivity contribution in [2.45, 2.75) is 25.3 Å². The van der Waals surface area contributed by atoms with Crippen LogP contribution in [0.3, 0.4) is 0 Å². The molecule has 0 aliphatic carbocycles. The molecule has 0 saturated carbocycles. The van der Waals surface area contributed by atoms with E-state index in [1.54, 1.807) is 39.3 Å². The van der Waals surface area contributed by atoms with Gasteiger partial charge in [0.05, 0.1) is 33.8 Å². The molecule has 1 aliphatic heterocycles. The molecule has 8 nitrogen and oxygen atoms in total. The predicted molar refractivity (Wildman–Crippen MR) is 129 cm³/mol. The lowest BCUT2D eigenvalue weighted by atomic mass is 9.82. The zero-order valence-corrected chi connectivity index (χ0v) is 20.5. The number of methoxy groups -OCH3 is 3. The summed E-state index contributed by atoms with van der Waals surface area (Å²) < 4.78 is 16.1. The van der Waals surface area contributed by atoms with Crippen molar-refractivity contribution >= 4 is 11.9 Å². The van der Waals surface area contributed by atoms with E-state index in [9.17, 15) is 14.7 Å². The third-order valence-corrected chi connectivity index (χ3v) is 6.50. The Balaban J connectivity index is 2.03. The molecule has 1 heterocycles. The van der Waals surface area contributed by atoms with E-state index in [1.807, 2.05) is 48.2 Å². The Morgan fingerprint density at radius 2 is 1.65 bits per heavy atom. The number of likely N-dealkylation sites (N-methyl/N-ethyl adjacent to an activating group) is 1. The van der Waals surface area contributed by atoms with Crippen molar-refractivity contribution in [2.24, 2.45) is 5.92 Å². The molecule has 1 fully saturated rings. The Kier molecular flexibility index (Phi) is 8.39. The number of hydrogen-bond acceptors (Lipinski definition) is 6. The van der Waals surface area contributed by atoms with E-state index in [4.69, 9.17) is 14.2 Å². The third-order valence-electron chi connectivity index (χ3n) is 6.50. The standard InChI is InChI=1S/C26H34N2O6/c1-6-13-27(2)23(29)16-28-15-20(18-9-12-21(33-4)22(14-18)34-5)24(26(30)31)25(28)17-7-10-19(32-3)11-8-17/h7-12,14,20,24-25H,6,13,15-16H2,1-5H3,(H,30,31). The van der Waals surface area contributed by atoms with Gasteiger partial charge in [-0.1, -0.05) is 25.1 Å². The van der Waals surface area contributed by atoms with E-state index in [-0.39, 0.29) is 18.4 Å². The molecule has 0 aromatic heterocycles. The van der Waals surface area contributed by atoms with Crippen LogP contribution in [-0.2, 0) is 9.59 Å². The number of ether oxygens (including phenoxy) is 3. The summed E-state index contributed by atoms with van der Waals surface area (Å²) in [6.45, 7) is 3.24. The minimum atomic E-state index is -0.905. The second-order valence-electron chi connectivity index (χ2n) is 8.55. The smallest absolute Gasteiger partial charge is 0.309 e. The van der Waals surface area contributed by atoms with Gasteiger partial charge in [0.2, 0.25) is 5.91 Å². The number of carboxylic acids is 1. The number of benzene rings is 2. The SMILES string of the molecule is CCCN(C)C(=O)CN1CC(c2ccc(OC)c(OC)c2)C(C(=O)O)C1c1ccc(OC)cc1. The molecular formula is C26H34N2O6. The summed E-state index contributed by atoms with van der Waals surface area (Å²) in [4.78, 5) is 29.3. The van der Waals surface area contributed by atoms with Crippen molar-refractivity contribution < 1.29 is 28.9 Å². The molecule has 0 radical (unpaired) electrons. The maximum atomic E-state index is 13.0. The minimum absolute atomic E-state index is 0.0301. The van der Waals surface area contributed by atoms with Crippen LogP contribution in [-0.4, -0.2) is 74.8 Å². The lowest BCUT2D eigenvalue weighted by Crippen LogP contribution is -2.39. The Bertz CT molecular complexity index is 993. The maximum Gasteiger partial charge on any atom is 0.309 e. The molecular weight excluding hydrogens is 436 g/mol. The Morgan fingerprint density at radius 1 is 1.00 bits per heavy atom. The van der Waals surface area contributed by atoms with Gasteiger partial charge in [0.15, 0.2) is 11.5 Å². The van der Waals surface area contributed by atoms with Crippen LogP contribution in [0, 0.1) is 5.92 Å². The highest BCUT2D eigenvalue weighted by Gasteiger charge is 2.48. The molecule has 2 aromatic rings. The van der Waals surface area contributed by atoms with Crippen LogP contribution in [0.5, 0.6) is 17.2 Å². The van der Waals surface area contributed by atoms with Crippen LogP contribution in [0.4, 0.5) is 0 Å². The van der Waals surface area contributed by atoms with Gasteiger partial charge in [0.1, 0.15) is 5.75 Å². The van der Waals surface area contributed by atoms with Crippen molar-refractivity contribution in [3.05, 3.63) is 53.6 Å². The summed E-state index contributed by atoms with van der Waals surface area (Å²) >= 11 is 0. The number of amides is 1. The molecule has 1 saturated heterocycles. The monoisotopic (exact) mass is 470 g/mol. The largest absolute Gasteiger partial charge is 0.497 e. The molecule has 34 heavy (non-hydrogen) atoms. The van der Waals surface area contributed by atoms with Crippen LogP contribution in [0.2, 0.25) is 0 Å². The van der Waals surface area contributed by atoms with Gasteiger partial charge in [0.25, 0.3) is 0 Å². The van der Waals surface area contributed by atoms with Gasteiger partial charge in [-0.25, -0.2) is 0 Å². The van der Waals surface area contributed by atoms with Gasteiger partial charge in [-0.15, -0.1) is 0 Å². The lowest BCUT2D eigenvalue weighted by molar-refractivity contribution is -0.143. The van der Waals surface area contributed by atoms with E-state index < -0.39 is 17.9 Å². The second kappa shape index (κ2) is 11.2. The van der Waals surface area contributed by atoms with Crippen molar-refractivity contribution in [1.82, 2.24) is 9.80 Å². The van der Waals surface area contributed by atoms with Crippen molar-refractivity contribution in [2.75, 3.05) is 48.0 Å². The summed E-state index contributed by atoms with van der Waals surface area (Å²) in [7, 11) is 6.49. The molecule has 0 spiro atoms. The fourth-order valence-electron chi connectivity index (χ4n) is 4.77. The van der Waals surface area contributed by atoms with Gasteiger partial charge < -0.3 is 24.2 Å². The van der Waals surface area contributed by atoms with E-state index in [0.29, 0.717) is 30.3 Å². The van der Waals surface area contributed by atoms with Gasteiger partial charge in [0, 0.05) is 32.1 Å². The molecule has 0 bridgehead atoms. The molecule has 1 N–H and O–H groups in total. The number of hydrogen-bond donors (Lipinski definition) is 1. The molecule has 1 aliphatic rings. The number of aliphatic carboxylic acids is 1. The number of nitrogens with zero attached hydrogens (tertiary/aromatic N) is 2. The number of rotatable bonds is 10. The topological polar surface area (TPSA) is 88.5 Å². The highest BCUT2D eigenvalue weighted by Crippen LogP contribution is 2.47. The number of likely N-dealkylation sites (tertiary alicyclic amines) is 1. The zero-order valence-electron chi connectivity index (χ0n) is 20.5. The molecule has 2 aromatic carbocycles. The first-order valence-electron chi connectivity index (χ1n) is 11.4. The summed E-state index contributed by atoms with van der Waals surface area (Å²) in [5.41, 5.74) is 1.67. The number of carbonyl (C=O) groups is 2. The molecule has 1 amide bonds. The highest BCUT2D eigenvalue weighted by atomic mass is 16.5. The van der Waals surface area contributed by atoms with E-state index in [1.165, 1.54) is 0 Å². The van der Waals surface area contributed by atoms with Crippen LogP contribution >= 0.6 is 0 Å². The Morgan fingerprint density at radius 3 is 2.21 bits per heavy atom. The third kappa shape index (κ3) is 5.28.